The van der Waals surface area contributed by atoms with Gasteiger partial charge >= 0.3 is 6.09 Å². The summed E-state index contributed by atoms with van der Waals surface area (Å²) < 4.78 is 13.3. The van der Waals surface area contributed by atoms with Crippen LogP contribution in [-0.2, 0) is 0 Å². The molecule has 0 fully saturated rings. The van der Waals surface area contributed by atoms with Gasteiger partial charge in [-0.25, -0.2) is 9.18 Å². The van der Waals surface area contributed by atoms with Crippen LogP contribution < -0.4 is 5.32 Å². The van der Waals surface area contributed by atoms with E-state index in [4.69, 9.17) is 16.7 Å². The van der Waals surface area contributed by atoms with Crippen LogP contribution in [0.5, 0.6) is 0 Å². The van der Waals surface area contributed by atoms with Gasteiger partial charge in [-0.2, -0.15) is 0 Å². The molecule has 0 heterocycles. The molecule has 1 amide bonds. The van der Waals surface area contributed by atoms with E-state index in [1.54, 1.807) is 31.2 Å². The van der Waals surface area contributed by atoms with E-state index in [9.17, 15) is 9.18 Å². The first kappa shape index (κ1) is 13.4. The van der Waals surface area contributed by atoms with Crippen molar-refractivity contribution in [3.8, 4) is 11.1 Å². The van der Waals surface area contributed by atoms with Crippen molar-refractivity contribution in [3.05, 3.63) is 52.8 Å². The molecule has 2 aromatic rings. The van der Waals surface area contributed by atoms with Crippen molar-refractivity contribution in [1.82, 2.24) is 0 Å². The van der Waals surface area contributed by atoms with Crippen LogP contribution in [0.15, 0.2) is 36.4 Å². The zero-order valence-corrected chi connectivity index (χ0v) is 10.8. The first-order chi connectivity index (χ1) is 8.97. The Hall–Kier alpha value is -2.07. The van der Waals surface area contributed by atoms with Gasteiger partial charge in [0.15, 0.2) is 0 Å². The SMILES string of the molecule is Cc1cc(-c2ccc(Cl)cc2NC(=O)O)ccc1F. The lowest BCUT2D eigenvalue weighted by Crippen LogP contribution is -2.08. The lowest BCUT2D eigenvalue weighted by molar-refractivity contribution is 0.210. The Labute approximate surface area is 114 Å². The molecule has 3 nitrogen and oxygen atoms in total. The van der Waals surface area contributed by atoms with Crippen LogP contribution >= 0.6 is 11.6 Å². The summed E-state index contributed by atoms with van der Waals surface area (Å²) >= 11 is 5.85. The molecule has 2 aromatic carbocycles. The van der Waals surface area contributed by atoms with Crippen molar-refractivity contribution in [1.29, 1.82) is 0 Å². The van der Waals surface area contributed by atoms with Crippen molar-refractivity contribution in [2.24, 2.45) is 0 Å². The van der Waals surface area contributed by atoms with Gasteiger partial charge in [-0.1, -0.05) is 23.7 Å². The molecule has 0 unspecified atom stereocenters. The zero-order valence-electron chi connectivity index (χ0n) is 10.1. The molecule has 0 saturated carbocycles. The molecule has 98 valence electrons. The van der Waals surface area contributed by atoms with Gasteiger partial charge in [0.1, 0.15) is 5.82 Å². The number of anilines is 1. The summed E-state index contributed by atoms with van der Waals surface area (Å²) in [5.41, 5.74) is 2.23. The van der Waals surface area contributed by atoms with E-state index < -0.39 is 6.09 Å². The Morgan fingerprint density at radius 3 is 2.63 bits per heavy atom. The second-order valence-corrected chi connectivity index (χ2v) is 4.52. The number of halogens is 2. The minimum atomic E-state index is -1.18. The summed E-state index contributed by atoms with van der Waals surface area (Å²) in [6.07, 6.45) is -1.18. The fraction of sp³-hybridized carbons (Fsp3) is 0.0714. The molecule has 0 atom stereocenters. The number of hydrogen-bond donors (Lipinski definition) is 2. The van der Waals surface area contributed by atoms with Gasteiger partial charge in [-0.05, 0) is 42.3 Å². The van der Waals surface area contributed by atoms with E-state index in [0.29, 0.717) is 21.8 Å². The minimum Gasteiger partial charge on any atom is -0.465 e. The molecule has 5 heteroatoms. The quantitative estimate of drug-likeness (QED) is 0.847. The van der Waals surface area contributed by atoms with Crippen LogP contribution in [0.1, 0.15) is 5.56 Å². The van der Waals surface area contributed by atoms with E-state index in [1.807, 2.05) is 0 Å². The maximum absolute atomic E-state index is 13.3. The third kappa shape index (κ3) is 3.03. The highest BCUT2D eigenvalue weighted by atomic mass is 35.5. The van der Waals surface area contributed by atoms with Gasteiger partial charge in [-0.15, -0.1) is 0 Å². The second kappa shape index (κ2) is 5.28. The first-order valence-corrected chi connectivity index (χ1v) is 5.91. The fourth-order valence-corrected chi connectivity index (χ4v) is 1.97. The molecule has 0 aliphatic rings. The molecule has 0 saturated heterocycles. The molecular formula is C14H11ClFNO2. The number of hydrogen-bond acceptors (Lipinski definition) is 1. The van der Waals surface area contributed by atoms with Gasteiger partial charge in [0.05, 0.1) is 5.69 Å². The minimum absolute atomic E-state index is 0.301. The first-order valence-electron chi connectivity index (χ1n) is 5.53. The highest BCUT2D eigenvalue weighted by Crippen LogP contribution is 2.31. The third-order valence-electron chi connectivity index (χ3n) is 2.69. The van der Waals surface area contributed by atoms with Crippen LogP contribution in [0.2, 0.25) is 5.02 Å². The Bertz CT molecular complexity index is 643. The van der Waals surface area contributed by atoms with Gasteiger partial charge in [0.25, 0.3) is 0 Å². The molecule has 2 N–H and O–H groups in total. The Morgan fingerprint density at radius 2 is 2.00 bits per heavy atom. The average molecular weight is 280 g/mol. The number of benzene rings is 2. The molecule has 2 rings (SSSR count). The van der Waals surface area contributed by atoms with Crippen molar-refractivity contribution in [3.63, 3.8) is 0 Å². The largest absolute Gasteiger partial charge is 0.465 e. The molecule has 0 radical (unpaired) electrons. The van der Waals surface area contributed by atoms with E-state index in [1.165, 1.54) is 12.1 Å². The van der Waals surface area contributed by atoms with Crippen LogP contribution in [0, 0.1) is 12.7 Å². The van der Waals surface area contributed by atoms with Crippen molar-refractivity contribution in [2.75, 3.05) is 5.32 Å². The zero-order chi connectivity index (χ0) is 14.0. The number of nitrogens with one attached hydrogen (secondary N) is 1. The van der Waals surface area contributed by atoms with E-state index in [2.05, 4.69) is 5.32 Å². The predicted octanol–water partition coefficient (Wildman–Crippen LogP) is 4.54. The van der Waals surface area contributed by atoms with Gasteiger partial charge in [0.2, 0.25) is 0 Å². The van der Waals surface area contributed by atoms with Crippen molar-refractivity contribution >= 4 is 23.4 Å². The van der Waals surface area contributed by atoms with Crippen LogP contribution in [0.4, 0.5) is 14.9 Å². The lowest BCUT2D eigenvalue weighted by Gasteiger charge is -2.11. The highest BCUT2D eigenvalue weighted by molar-refractivity contribution is 6.31. The average Bonchev–Trinajstić information content (AvgIpc) is 2.32. The molecule has 0 spiro atoms. The topological polar surface area (TPSA) is 49.3 Å². The van der Waals surface area contributed by atoms with E-state index in [0.717, 1.165) is 5.56 Å². The predicted molar refractivity (Wildman–Crippen MR) is 73.2 cm³/mol. The van der Waals surface area contributed by atoms with Crippen molar-refractivity contribution < 1.29 is 14.3 Å². The van der Waals surface area contributed by atoms with Crippen molar-refractivity contribution in [2.45, 2.75) is 6.92 Å². The third-order valence-corrected chi connectivity index (χ3v) is 2.93. The summed E-state index contributed by atoms with van der Waals surface area (Å²) in [7, 11) is 0. The molecule has 0 aliphatic heterocycles. The van der Waals surface area contributed by atoms with Gasteiger partial charge in [-0.3, -0.25) is 5.32 Å². The smallest absolute Gasteiger partial charge is 0.409 e. The van der Waals surface area contributed by atoms with Crippen LogP contribution in [0.3, 0.4) is 0 Å². The highest BCUT2D eigenvalue weighted by Gasteiger charge is 2.09. The molecular weight excluding hydrogens is 269 g/mol. The fourth-order valence-electron chi connectivity index (χ4n) is 1.80. The second-order valence-electron chi connectivity index (χ2n) is 4.08. The molecule has 0 bridgehead atoms. The number of aryl methyl sites for hydroxylation is 1. The lowest BCUT2D eigenvalue weighted by atomic mass is 10.0. The number of carboxylic acid groups (broad SMARTS) is 1. The standard InChI is InChI=1S/C14H11ClFNO2/c1-8-6-9(2-5-12(8)16)11-4-3-10(15)7-13(11)17-14(18)19/h2-7,17H,1H3,(H,18,19). The number of rotatable bonds is 2. The molecule has 0 aliphatic carbocycles. The molecule has 0 aromatic heterocycles. The Morgan fingerprint density at radius 1 is 1.26 bits per heavy atom. The van der Waals surface area contributed by atoms with Crippen LogP contribution in [0.25, 0.3) is 11.1 Å². The Kier molecular flexibility index (Phi) is 3.71. The summed E-state index contributed by atoms with van der Waals surface area (Å²) in [6, 6.07) is 9.47. The van der Waals surface area contributed by atoms with Gasteiger partial charge in [0, 0.05) is 10.6 Å². The maximum Gasteiger partial charge on any atom is 0.409 e. The summed E-state index contributed by atoms with van der Waals surface area (Å²) in [6.45, 7) is 1.65. The molecule has 19 heavy (non-hydrogen) atoms. The van der Waals surface area contributed by atoms with Crippen LogP contribution in [-0.4, -0.2) is 11.2 Å². The maximum atomic E-state index is 13.3. The summed E-state index contributed by atoms with van der Waals surface area (Å²) in [5.74, 6) is -0.301. The number of amides is 1. The van der Waals surface area contributed by atoms with Gasteiger partial charge < -0.3 is 5.11 Å². The normalized spacial score (nSPS) is 10.3. The number of carbonyl (C=O) groups is 1. The monoisotopic (exact) mass is 279 g/mol. The van der Waals surface area contributed by atoms with E-state index in [-0.39, 0.29) is 5.82 Å². The Balaban J connectivity index is 2.54. The summed E-state index contributed by atoms with van der Waals surface area (Å²) in [4.78, 5) is 10.8. The van der Waals surface area contributed by atoms with E-state index >= 15 is 0 Å². The summed E-state index contributed by atoms with van der Waals surface area (Å²) in [5, 5.41) is 11.5.